The highest BCUT2D eigenvalue weighted by molar-refractivity contribution is 5.70. The molecule has 0 radical (unpaired) electrons. The van der Waals surface area contributed by atoms with E-state index >= 15 is 0 Å². The maximum absolute atomic E-state index is 13.2. The number of carbonyl (C=O) groups excluding carboxylic acids is 1. The number of nitrogens with zero attached hydrogens (tertiary/aromatic N) is 8. The highest BCUT2D eigenvalue weighted by Crippen LogP contribution is 2.34. The summed E-state index contributed by atoms with van der Waals surface area (Å²) in [6, 6.07) is 15.1. The molecule has 0 bridgehead atoms. The molecule has 2 aromatic carbocycles. The summed E-state index contributed by atoms with van der Waals surface area (Å²) in [6.07, 6.45) is -0.432. The first-order valence-corrected chi connectivity index (χ1v) is 27.1. The number of halogens is 2. The van der Waals surface area contributed by atoms with Crippen LogP contribution in [0.2, 0.25) is 0 Å². The number of hydrogen-bond donors (Lipinski definition) is 6. The van der Waals surface area contributed by atoms with Crippen molar-refractivity contribution in [2.45, 2.75) is 97.9 Å². The van der Waals surface area contributed by atoms with Gasteiger partial charge in [-0.3, -0.25) is 4.90 Å². The molecule has 2 aromatic heterocycles. The molecule has 1 amide bonds. The number of likely N-dealkylation sites (N-methyl/N-ethyl adjacent to an activating group) is 2. The van der Waals surface area contributed by atoms with Gasteiger partial charge in [-0.2, -0.15) is 0 Å². The first-order chi connectivity index (χ1) is 37.1. The number of benzene rings is 2. The zero-order chi connectivity index (χ0) is 55.9. The predicted molar refractivity (Wildman–Crippen MR) is 299 cm³/mol. The molecule has 4 aliphatic rings. The molecule has 4 aliphatic heterocycles. The molecule has 6 heterocycles. The highest BCUT2D eigenvalue weighted by atomic mass is 19.3. The van der Waals surface area contributed by atoms with Gasteiger partial charge in [0.15, 0.2) is 11.6 Å². The zero-order valence-corrected chi connectivity index (χ0v) is 46.8. The molecular formula is C55H86F2N12O8. The topological polar surface area (TPSA) is 230 Å². The number of aromatic nitrogens is 4. The molecular weight excluding hydrogens is 995 g/mol. The number of amides is 1. The van der Waals surface area contributed by atoms with Crippen LogP contribution in [0.3, 0.4) is 0 Å². The molecule has 8 rings (SSSR count). The van der Waals surface area contributed by atoms with Crippen molar-refractivity contribution >= 4 is 29.4 Å². The van der Waals surface area contributed by atoms with Crippen molar-refractivity contribution < 1.29 is 47.5 Å². The molecule has 3 unspecified atom stereocenters. The lowest BCUT2D eigenvalue weighted by Gasteiger charge is -2.47. The summed E-state index contributed by atoms with van der Waals surface area (Å²) in [6.45, 7) is 22.4. The average Bonchev–Trinajstić information content (AvgIpc) is 4.20. The highest BCUT2D eigenvalue weighted by Gasteiger charge is 2.37. The molecule has 77 heavy (non-hydrogen) atoms. The summed E-state index contributed by atoms with van der Waals surface area (Å²) in [5.41, 5.74) is 9.05. The second-order valence-electron chi connectivity index (χ2n) is 19.6. The van der Waals surface area contributed by atoms with Gasteiger partial charge in [0.1, 0.15) is 60.2 Å². The molecule has 3 atom stereocenters. The van der Waals surface area contributed by atoms with Crippen LogP contribution in [0.25, 0.3) is 22.8 Å². The number of nitrogen functional groups attached to an aromatic ring is 1. The summed E-state index contributed by atoms with van der Waals surface area (Å²) in [4.78, 5) is 38.9. The quantitative estimate of drug-likeness (QED) is 0.0645. The van der Waals surface area contributed by atoms with Crippen molar-refractivity contribution in [2.24, 2.45) is 0 Å². The van der Waals surface area contributed by atoms with Gasteiger partial charge in [-0.25, -0.2) is 33.5 Å². The van der Waals surface area contributed by atoms with Gasteiger partial charge in [0.25, 0.3) is 6.43 Å². The van der Waals surface area contributed by atoms with Gasteiger partial charge in [-0.15, -0.1) is 0 Å². The lowest BCUT2D eigenvalue weighted by atomic mass is 9.98. The summed E-state index contributed by atoms with van der Waals surface area (Å²) in [5, 5.41) is 29.2. The number of alkyl halides is 2. The third-order valence-electron chi connectivity index (χ3n) is 13.2. The smallest absolute Gasteiger partial charge is 0.409 e. The van der Waals surface area contributed by atoms with E-state index in [4.69, 9.17) is 44.4 Å². The Morgan fingerprint density at radius 2 is 1.35 bits per heavy atom. The summed E-state index contributed by atoms with van der Waals surface area (Å²) in [5.74, 6) is 4.97. The number of nitrogens with two attached hydrogens (primary N) is 1. The summed E-state index contributed by atoms with van der Waals surface area (Å²) >= 11 is 0. The number of ether oxygens (including phenoxy) is 5. The second kappa shape index (κ2) is 31.6. The minimum absolute atomic E-state index is 0.159. The van der Waals surface area contributed by atoms with Gasteiger partial charge >= 0.3 is 6.09 Å². The Hall–Kier alpha value is -5.75. The Balaban J connectivity index is 0.000000255. The van der Waals surface area contributed by atoms with E-state index in [1.165, 1.54) is 12.8 Å². The van der Waals surface area contributed by atoms with Crippen LogP contribution in [-0.4, -0.2) is 202 Å². The molecule has 0 spiro atoms. The zero-order valence-electron chi connectivity index (χ0n) is 46.8. The van der Waals surface area contributed by atoms with Crippen molar-refractivity contribution in [2.75, 3.05) is 147 Å². The van der Waals surface area contributed by atoms with Crippen LogP contribution in [0.4, 0.5) is 36.8 Å². The van der Waals surface area contributed by atoms with Crippen LogP contribution in [0.15, 0.2) is 48.5 Å². The second-order valence-corrected chi connectivity index (χ2v) is 19.6. The van der Waals surface area contributed by atoms with Gasteiger partial charge in [-0.1, -0.05) is 38.1 Å². The van der Waals surface area contributed by atoms with Crippen LogP contribution in [-0.2, 0) is 14.2 Å². The standard InChI is InChI=1S/C27H40F2N6O3.C22H32N6O4.C4H8O.C2H6/c1-18-24(31-20-8-11-37-15-20)32-25(19-6-5-7-22(12-19)38-16-21(36)13-30-4)33-26(18)34-9-10-35(14-23(28)29)27(2,3)17-34;1-4-31-22(30)28-10-8-27(9-11-28)21-15(2)19(23)25-20(26-21)16-6-5-7-18(12-16)32-14-17(29)13-24-3;1-2-4-5-3-1;1-2/h5-7,12,20-21,23,30,36H,8-11,13-17H2,1-4H3,(H,31,32,33);5-7,12,17,24,29H,4,8-11,13-14H2,1-3H3,(H2,23,25,26);1-4H2;1-2H3. The third kappa shape index (κ3) is 19.0. The van der Waals surface area contributed by atoms with Crippen molar-refractivity contribution in [3.05, 3.63) is 59.7 Å². The van der Waals surface area contributed by atoms with Crippen molar-refractivity contribution in [1.82, 2.24) is 40.4 Å². The average molecular weight is 1080 g/mol. The molecule has 4 aromatic rings. The minimum Gasteiger partial charge on any atom is -0.491 e. The first kappa shape index (κ1) is 62.1. The Morgan fingerprint density at radius 3 is 1.84 bits per heavy atom. The van der Waals surface area contributed by atoms with E-state index in [0.717, 1.165) is 59.3 Å². The third-order valence-corrected chi connectivity index (χ3v) is 13.2. The SMILES string of the molecule is C1CCOC1.CC.CCOC(=O)N1CCN(c2nc(-c3cccc(OCC(O)CNC)c3)nc(N)c2C)CC1.CNCC(O)COc1cccc(-c2nc(NC3CCOC3)c(C)c(N3CCN(CC(F)F)C(C)(C)C3)n2)c1. The van der Waals surface area contributed by atoms with Gasteiger partial charge in [0, 0.05) is 107 Å². The van der Waals surface area contributed by atoms with E-state index in [0.29, 0.717) is 108 Å². The van der Waals surface area contributed by atoms with E-state index < -0.39 is 24.2 Å². The lowest BCUT2D eigenvalue weighted by molar-refractivity contribution is 0.0269. The van der Waals surface area contributed by atoms with E-state index in [1.807, 2.05) is 95.0 Å². The fourth-order valence-electron chi connectivity index (χ4n) is 9.01. The predicted octanol–water partition coefficient (Wildman–Crippen LogP) is 5.87. The summed E-state index contributed by atoms with van der Waals surface area (Å²) in [7, 11) is 3.55. The number of hydrogen-bond acceptors (Lipinski definition) is 19. The molecule has 0 aliphatic carbocycles. The Morgan fingerprint density at radius 1 is 0.792 bits per heavy atom. The fraction of sp³-hybridized carbons (Fsp3) is 0.618. The lowest BCUT2D eigenvalue weighted by Crippen LogP contribution is -2.60. The molecule has 0 saturated carbocycles. The number of nitrogens with one attached hydrogen (secondary N) is 3. The molecule has 4 fully saturated rings. The molecule has 428 valence electrons. The maximum atomic E-state index is 13.2. The fourth-order valence-corrected chi connectivity index (χ4v) is 9.01. The van der Waals surface area contributed by atoms with Gasteiger partial charge in [0.05, 0.1) is 25.8 Å². The molecule has 4 saturated heterocycles. The van der Waals surface area contributed by atoms with Gasteiger partial charge < -0.3 is 70.3 Å². The van der Waals surface area contributed by atoms with Crippen molar-refractivity contribution in [3.8, 4) is 34.3 Å². The molecule has 20 nitrogen and oxygen atoms in total. The van der Waals surface area contributed by atoms with Gasteiger partial charge in [0.2, 0.25) is 0 Å². The van der Waals surface area contributed by atoms with Crippen LogP contribution >= 0.6 is 0 Å². The van der Waals surface area contributed by atoms with Crippen LogP contribution in [0, 0.1) is 13.8 Å². The van der Waals surface area contributed by atoms with E-state index in [9.17, 15) is 23.8 Å². The maximum Gasteiger partial charge on any atom is 0.409 e. The number of anilines is 4. The first-order valence-electron chi connectivity index (χ1n) is 27.1. The number of piperazine rings is 2. The Kier molecular flexibility index (Phi) is 25.5. The molecule has 7 N–H and O–H groups in total. The number of aliphatic hydroxyl groups excluding tert-OH is 2. The van der Waals surface area contributed by atoms with E-state index in [-0.39, 0.29) is 31.9 Å². The minimum atomic E-state index is -2.37. The Bertz CT molecular complexity index is 2380. The van der Waals surface area contributed by atoms with Crippen molar-refractivity contribution in [1.29, 1.82) is 0 Å². The van der Waals surface area contributed by atoms with Crippen LogP contribution in [0.5, 0.6) is 11.5 Å². The number of aliphatic hydroxyl groups is 2. The monoisotopic (exact) mass is 1080 g/mol. The number of carbonyl (C=O) groups is 1. The largest absolute Gasteiger partial charge is 0.491 e. The summed E-state index contributed by atoms with van der Waals surface area (Å²) < 4.78 is 53.5. The van der Waals surface area contributed by atoms with E-state index in [1.54, 1.807) is 25.9 Å². The van der Waals surface area contributed by atoms with Crippen LogP contribution in [0.1, 0.15) is 65.0 Å². The Labute approximate surface area is 454 Å². The number of rotatable bonds is 19. The van der Waals surface area contributed by atoms with Crippen molar-refractivity contribution in [3.63, 3.8) is 0 Å². The normalized spacial score (nSPS) is 18.0. The van der Waals surface area contributed by atoms with Gasteiger partial charge in [-0.05, 0) is 92.2 Å². The van der Waals surface area contributed by atoms with Crippen LogP contribution < -0.4 is 41.0 Å². The van der Waals surface area contributed by atoms with E-state index in [2.05, 4.69) is 30.7 Å². The molecule has 22 heteroatoms.